The minimum absolute atomic E-state index is 0.151. The van der Waals surface area contributed by atoms with Gasteiger partial charge in [-0.05, 0) is 25.5 Å². The summed E-state index contributed by atoms with van der Waals surface area (Å²) in [6.45, 7) is 3.53. The van der Waals surface area contributed by atoms with E-state index in [-0.39, 0.29) is 17.8 Å². The SMILES string of the molecule is Cc1csc(CC(=O)c2cccc(C)c2F)n1. The van der Waals surface area contributed by atoms with Crippen molar-refractivity contribution < 1.29 is 9.18 Å². The number of halogens is 1. The molecule has 0 amide bonds. The summed E-state index contributed by atoms with van der Waals surface area (Å²) in [6, 6.07) is 4.86. The summed E-state index contributed by atoms with van der Waals surface area (Å²) in [7, 11) is 0. The van der Waals surface area contributed by atoms with Crippen LogP contribution in [0.4, 0.5) is 4.39 Å². The molecule has 17 heavy (non-hydrogen) atoms. The Labute approximate surface area is 103 Å². The number of carbonyl (C=O) groups excluding carboxylic acids is 1. The summed E-state index contributed by atoms with van der Waals surface area (Å²) in [5.41, 5.74) is 1.53. The maximum Gasteiger partial charge on any atom is 0.172 e. The molecule has 0 bridgehead atoms. The molecular weight excluding hydrogens is 237 g/mol. The van der Waals surface area contributed by atoms with Crippen LogP contribution in [0, 0.1) is 19.7 Å². The van der Waals surface area contributed by atoms with Gasteiger partial charge in [-0.15, -0.1) is 11.3 Å². The van der Waals surface area contributed by atoms with Crippen molar-refractivity contribution in [1.82, 2.24) is 4.98 Å². The monoisotopic (exact) mass is 249 g/mol. The van der Waals surface area contributed by atoms with E-state index in [0.29, 0.717) is 5.56 Å². The number of benzene rings is 1. The average Bonchev–Trinajstić information content (AvgIpc) is 2.68. The van der Waals surface area contributed by atoms with Crippen molar-refractivity contribution in [1.29, 1.82) is 0 Å². The van der Waals surface area contributed by atoms with E-state index < -0.39 is 5.82 Å². The predicted octanol–water partition coefficient (Wildman–Crippen LogP) is 3.32. The van der Waals surface area contributed by atoms with Gasteiger partial charge >= 0.3 is 0 Å². The number of aryl methyl sites for hydroxylation is 2. The number of thiazole rings is 1. The lowest BCUT2D eigenvalue weighted by Crippen LogP contribution is -2.07. The standard InChI is InChI=1S/C13H12FNOS/c1-8-4-3-5-10(13(8)14)11(16)6-12-15-9(2)7-17-12/h3-5,7H,6H2,1-2H3. The highest BCUT2D eigenvalue weighted by atomic mass is 32.1. The number of hydrogen-bond donors (Lipinski definition) is 0. The van der Waals surface area contributed by atoms with Gasteiger partial charge in [0.15, 0.2) is 5.78 Å². The number of rotatable bonds is 3. The normalized spacial score (nSPS) is 10.5. The summed E-state index contributed by atoms with van der Waals surface area (Å²) in [5.74, 6) is -0.647. The summed E-state index contributed by atoms with van der Waals surface area (Å²) in [6.07, 6.45) is 0.166. The average molecular weight is 249 g/mol. The van der Waals surface area contributed by atoms with E-state index >= 15 is 0 Å². The molecule has 0 radical (unpaired) electrons. The molecule has 0 atom stereocenters. The maximum atomic E-state index is 13.7. The molecule has 0 saturated heterocycles. The fourth-order valence-electron chi connectivity index (χ4n) is 1.58. The molecule has 88 valence electrons. The molecule has 0 aliphatic heterocycles. The Balaban J connectivity index is 2.23. The molecular formula is C13H12FNOS. The van der Waals surface area contributed by atoms with Crippen LogP contribution in [0.3, 0.4) is 0 Å². The molecule has 2 rings (SSSR count). The Bertz CT molecular complexity index is 562. The molecule has 0 aliphatic rings. The van der Waals surface area contributed by atoms with E-state index in [0.717, 1.165) is 10.7 Å². The van der Waals surface area contributed by atoms with Crippen LogP contribution in [-0.4, -0.2) is 10.8 Å². The third-order valence-electron chi connectivity index (χ3n) is 2.47. The van der Waals surface area contributed by atoms with Crippen LogP contribution in [0.15, 0.2) is 23.6 Å². The van der Waals surface area contributed by atoms with Crippen molar-refractivity contribution >= 4 is 17.1 Å². The molecule has 1 aromatic carbocycles. The Morgan fingerprint density at radius 3 is 2.82 bits per heavy atom. The predicted molar refractivity (Wildman–Crippen MR) is 66.0 cm³/mol. The van der Waals surface area contributed by atoms with Crippen molar-refractivity contribution in [3.63, 3.8) is 0 Å². The van der Waals surface area contributed by atoms with Gasteiger partial charge < -0.3 is 0 Å². The van der Waals surface area contributed by atoms with Crippen LogP contribution in [0.1, 0.15) is 26.6 Å². The molecule has 0 spiro atoms. The molecule has 0 unspecified atom stereocenters. The first kappa shape index (κ1) is 11.9. The van der Waals surface area contributed by atoms with Crippen LogP contribution in [0.2, 0.25) is 0 Å². The Hall–Kier alpha value is -1.55. The van der Waals surface area contributed by atoms with Crippen molar-refractivity contribution in [2.24, 2.45) is 0 Å². The van der Waals surface area contributed by atoms with E-state index in [2.05, 4.69) is 4.98 Å². The number of Topliss-reactive ketones (excluding diaryl/α,β-unsaturated/α-hetero) is 1. The van der Waals surface area contributed by atoms with Crippen LogP contribution in [0.5, 0.6) is 0 Å². The topological polar surface area (TPSA) is 30.0 Å². The second kappa shape index (κ2) is 4.75. The summed E-state index contributed by atoms with van der Waals surface area (Å²) in [4.78, 5) is 16.1. The van der Waals surface area contributed by atoms with Crippen molar-refractivity contribution in [2.75, 3.05) is 0 Å². The van der Waals surface area contributed by atoms with Gasteiger partial charge in [0.2, 0.25) is 0 Å². The first-order valence-electron chi connectivity index (χ1n) is 5.27. The maximum absolute atomic E-state index is 13.7. The fraction of sp³-hybridized carbons (Fsp3) is 0.231. The quantitative estimate of drug-likeness (QED) is 0.781. The van der Waals surface area contributed by atoms with Gasteiger partial charge in [-0.3, -0.25) is 4.79 Å². The van der Waals surface area contributed by atoms with Crippen LogP contribution in [-0.2, 0) is 6.42 Å². The van der Waals surface area contributed by atoms with Crippen LogP contribution >= 0.6 is 11.3 Å². The fourth-order valence-corrected chi connectivity index (χ4v) is 2.35. The number of carbonyl (C=O) groups is 1. The first-order valence-corrected chi connectivity index (χ1v) is 6.15. The van der Waals surface area contributed by atoms with Gasteiger partial charge in [-0.25, -0.2) is 9.37 Å². The lowest BCUT2D eigenvalue weighted by molar-refractivity contribution is 0.0989. The van der Waals surface area contributed by atoms with Gasteiger partial charge in [-0.1, -0.05) is 12.1 Å². The second-order valence-electron chi connectivity index (χ2n) is 3.92. The zero-order chi connectivity index (χ0) is 12.4. The van der Waals surface area contributed by atoms with Crippen molar-refractivity contribution in [3.8, 4) is 0 Å². The van der Waals surface area contributed by atoms with Gasteiger partial charge in [0, 0.05) is 11.1 Å². The Morgan fingerprint density at radius 2 is 2.18 bits per heavy atom. The Morgan fingerprint density at radius 1 is 1.41 bits per heavy atom. The first-order chi connectivity index (χ1) is 8.08. The van der Waals surface area contributed by atoms with E-state index in [4.69, 9.17) is 0 Å². The second-order valence-corrected chi connectivity index (χ2v) is 4.86. The lowest BCUT2D eigenvalue weighted by atomic mass is 10.1. The number of nitrogens with zero attached hydrogens (tertiary/aromatic N) is 1. The molecule has 0 fully saturated rings. The number of ketones is 1. The minimum atomic E-state index is -0.425. The van der Waals surface area contributed by atoms with E-state index in [1.165, 1.54) is 17.4 Å². The van der Waals surface area contributed by atoms with E-state index in [9.17, 15) is 9.18 Å². The molecule has 0 N–H and O–H groups in total. The lowest BCUT2D eigenvalue weighted by Gasteiger charge is -2.03. The molecule has 2 nitrogen and oxygen atoms in total. The van der Waals surface area contributed by atoms with Crippen LogP contribution in [0.25, 0.3) is 0 Å². The van der Waals surface area contributed by atoms with E-state index in [1.807, 2.05) is 12.3 Å². The molecule has 0 aliphatic carbocycles. The zero-order valence-electron chi connectivity index (χ0n) is 9.66. The van der Waals surface area contributed by atoms with Gasteiger partial charge in [0.25, 0.3) is 0 Å². The molecule has 1 aromatic heterocycles. The summed E-state index contributed by atoms with van der Waals surface area (Å²) in [5, 5.41) is 2.61. The van der Waals surface area contributed by atoms with Crippen molar-refractivity contribution in [2.45, 2.75) is 20.3 Å². The number of hydrogen-bond acceptors (Lipinski definition) is 3. The summed E-state index contributed by atoms with van der Waals surface area (Å²) < 4.78 is 13.7. The largest absolute Gasteiger partial charge is 0.294 e. The molecule has 2 aromatic rings. The van der Waals surface area contributed by atoms with Gasteiger partial charge in [0.05, 0.1) is 12.0 Å². The molecule has 0 saturated carbocycles. The summed E-state index contributed by atoms with van der Waals surface area (Å²) >= 11 is 1.43. The van der Waals surface area contributed by atoms with Crippen molar-refractivity contribution in [3.05, 3.63) is 51.2 Å². The van der Waals surface area contributed by atoms with Crippen LogP contribution < -0.4 is 0 Å². The zero-order valence-corrected chi connectivity index (χ0v) is 10.5. The number of aromatic nitrogens is 1. The molecule has 4 heteroatoms. The molecule has 1 heterocycles. The third kappa shape index (κ3) is 2.58. The highest BCUT2D eigenvalue weighted by Gasteiger charge is 2.14. The highest BCUT2D eigenvalue weighted by molar-refractivity contribution is 7.09. The minimum Gasteiger partial charge on any atom is -0.294 e. The highest BCUT2D eigenvalue weighted by Crippen LogP contribution is 2.16. The smallest absolute Gasteiger partial charge is 0.172 e. The van der Waals surface area contributed by atoms with E-state index in [1.54, 1.807) is 19.1 Å². The van der Waals surface area contributed by atoms with Gasteiger partial charge in [-0.2, -0.15) is 0 Å². The van der Waals surface area contributed by atoms with Gasteiger partial charge in [0.1, 0.15) is 10.8 Å². The Kier molecular flexibility index (Phi) is 3.33. The third-order valence-corrected chi connectivity index (χ3v) is 3.44.